The summed E-state index contributed by atoms with van der Waals surface area (Å²) in [6, 6.07) is 36.1. The molecule has 4 aromatic carbocycles. The Labute approximate surface area is 205 Å². The van der Waals surface area contributed by atoms with Gasteiger partial charge >= 0.3 is 5.97 Å². The smallest absolute Gasteiger partial charge is 0.336 e. The van der Waals surface area contributed by atoms with Crippen molar-refractivity contribution in [3.8, 4) is 0 Å². The van der Waals surface area contributed by atoms with E-state index < -0.39 is 5.97 Å². The van der Waals surface area contributed by atoms with Gasteiger partial charge in [-0.05, 0) is 71.2 Å². The van der Waals surface area contributed by atoms with Gasteiger partial charge in [0.2, 0.25) is 0 Å². The highest BCUT2D eigenvalue weighted by Crippen LogP contribution is 2.37. The Morgan fingerprint density at radius 2 is 1.09 bits per heavy atom. The van der Waals surface area contributed by atoms with Crippen LogP contribution in [-0.2, 0) is 0 Å². The van der Waals surface area contributed by atoms with Gasteiger partial charge in [-0.2, -0.15) is 0 Å². The van der Waals surface area contributed by atoms with E-state index in [0.717, 1.165) is 40.2 Å². The second-order valence-electron chi connectivity index (χ2n) is 8.27. The maximum Gasteiger partial charge on any atom is 0.336 e. The number of rotatable bonds is 6. The molecular weight excluding hydrogens is 430 g/mol. The van der Waals surface area contributed by atoms with Gasteiger partial charge in [0.1, 0.15) is 0 Å². The highest BCUT2D eigenvalue weighted by Gasteiger charge is 2.18. The molecule has 0 amide bonds. The molecular formula is C32H25NO2. The minimum Gasteiger partial charge on any atom is -0.478 e. The molecule has 3 nitrogen and oxygen atoms in total. The number of carboxylic acid groups (broad SMARTS) is 1. The highest BCUT2D eigenvalue weighted by atomic mass is 16.4. The van der Waals surface area contributed by atoms with Crippen LogP contribution in [0.1, 0.15) is 27.9 Å². The fourth-order valence-corrected chi connectivity index (χ4v) is 4.43. The van der Waals surface area contributed by atoms with Gasteiger partial charge in [-0.15, -0.1) is 0 Å². The third kappa shape index (κ3) is 4.71. The minimum absolute atomic E-state index is 0.293. The zero-order valence-electron chi connectivity index (χ0n) is 19.2. The van der Waals surface area contributed by atoms with Crippen molar-refractivity contribution >= 4 is 28.6 Å². The zero-order valence-corrected chi connectivity index (χ0v) is 19.2. The van der Waals surface area contributed by atoms with E-state index in [-0.39, 0.29) is 0 Å². The number of carboxylic acids is 1. The van der Waals surface area contributed by atoms with Gasteiger partial charge in [0.05, 0.1) is 5.56 Å². The summed E-state index contributed by atoms with van der Waals surface area (Å²) in [4.78, 5) is 14.2. The molecule has 1 aliphatic carbocycles. The third-order valence-corrected chi connectivity index (χ3v) is 6.03. The van der Waals surface area contributed by atoms with Crippen molar-refractivity contribution in [3.63, 3.8) is 0 Å². The lowest BCUT2D eigenvalue weighted by atomic mass is 9.88. The number of nitrogens with zero attached hydrogens (tertiary/aromatic N) is 1. The van der Waals surface area contributed by atoms with Crippen molar-refractivity contribution in [1.82, 2.24) is 0 Å². The third-order valence-electron chi connectivity index (χ3n) is 6.03. The molecule has 1 N–H and O–H groups in total. The molecule has 0 unspecified atom stereocenters. The van der Waals surface area contributed by atoms with Crippen molar-refractivity contribution < 1.29 is 9.90 Å². The second kappa shape index (κ2) is 10.1. The number of aromatic carboxylic acids is 1. The predicted octanol–water partition coefficient (Wildman–Crippen LogP) is 8.17. The molecule has 1 aliphatic rings. The number of hydrogen-bond donors (Lipinski definition) is 1. The van der Waals surface area contributed by atoms with Crippen LogP contribution < -0.4 is 4.90 Å². The summed E-state index contributed by atoms with van der Waals surface area (Å²) in [7, 11) is 0. The number of anilines is 3. The molecule has 0 atom stereocenters. The Morgan fingerprint density at radius 1 is 0.600 bits per heavy atom. The summed E-state index contributed by atoms with van der Waals surface area (Å²) in [6.45, 7) is 0. The minimum atomic E-state index is -0.932. The van der Waals surface area contributed by atoms with Crippen LogP contribution in [0.5, 0.6) is 0 Å². The normalized spacial score (nSPS) is 12.4. The Morgan fingerprint density at radius 3 is 1.63 bits per heavy atom. The van der Waals surface area contributed by atoms with Crippen LogP contribution in [0.15, 0.2) is 139 Å². The molecule has 4 aromatic rings. The first-order valence-electron chi connectivity index (χ1n) is 11.6. The van der Waals surface area contributed by atoms with Crippen molar-refractivity contribution in [2.75, 3.05) is 4.90 Å². The standard InChI is InChI=1S/C32H25NO2/c34-32(35)30-19-11-10-18-29(30)31(24-12-4-1-5-13-24)25-20-22-28(23-21-25)33(26-14-6-2-7-15-26)27-16-8-3-9-17-27/h2-23H,1H2,(H,34,35). The molecule has 0 aromatic heterocycles. The average Bonchev–Trinajstić information content (AvgIpc) is 2.92. The summed E-state index contributed by atoms with van der Waals surface area (Å²) in [5.41, 5.74) is 7.04. The lowest BCUT2D eigenvalue weighted by Gasteiger charge is -2.26. The quantitative estimate of drug-likeness (QED) is 0.319. The predicted molar refractivity (Wildman–Crippen MR) is 143 cm³/mol. The van der Waals surface area contributed by atoms with E-state index in [1.165, 1.54) is 0 Å². The maximum atomic E-state index is 12.0. The Hall–Kier alpha value is -4.63. The van der Waals surface area contributed by atoms with Crippen LogP contribution in [0.4, 0.5) is 17.1 Å². The molecule has 170 valence electrons. The molecule has 3 heteroatoms. The van der Waals surface area contributed by atoms with Gasteiger partial charge in [0.15, 0.2) is 0 Å². The second-order valence-corrected chi connectivity index (χ2v) is 8.27. The number of hydrogen-bond acceptors (Lipinski definition) is 2. The molecule has 0 radical (unpaired) electrons. The van der Waals surface area contributed by atoms with E-state index >= 15 is 0 Å². The van der Waals surface area contributed by atoms with Crippen molar-refractivity contribution in [2.45, 2.75) is 6.42 Å². The topological polar surface area (TPSA) is 40.5 Å². The number of para-hydroxylation sites is 2. The lowest BCUT2D eigenvalue weighted by molar-refractivity contribution is 0.0696. The molecule has 0 aliphatic heterocycles. The lowest BCUT2D eigenvalue weighted by Crippen LogP contribution is -2.10. The number of carbonyl (C=O) groups is 1. The summed E-state index contributed by atoms with van der Waals surface area (Å²) in [5.74, 6) is -0.932. The van der Waals surface area contributed by atoms with Gasteiger partial charge < -0.3 is 10.0 Å². The van der Waals surface area contributed by atoms with Crippen molar-refractivity contribution in [1.29, 1.82) is 0 Å². The van der Waals surface area contributed by atoms with E-state index in [0.29, 0.717) is 11.1 Å². The van der Waals surface area contributed by atoms with E-state index in [1.807, 2.05) is 48.5 Å². The van der Waals surface area contributed by atoms with Crippen LogP contribution in [0.2, 0.25) is 0 Å². The SMILES string of the molecule is O=C(O)c1ccccc1C(=C1C=CCC=C1)c1ccc(N(c2ccccc2)c2ccccc2)cc1. The van der Waals surface area contributed by atoms with Gasteiger partial charge in [-0.3, -0.25) is 0 Å². The summed E-state index contributed by atoms with van der Waals surface area (Å²) in [5, 5.41) is 9.86. The van der Waals surface area contributed by atoms with Crippen LogP contribution >= 0.6 is 0 Å². The van der Waals surface area contributed by atoms with Crippen LogP contribution in [0.25, 0.3) is 5.57 Å². The molecule has 0 saturated heterocycles. The van der Waals surface area contributed by atoms with Gasteiger partial charge in [-0.25, -0.2) is 4.79 Å². The van der Waals surface area contributed by atoms with Crippen LogP contribution in [-0.4, -0.2) is 11.1 Å². The highest BCUT2D eigenvalue weighted by molar-refractivity contribution is 5.98. The molecule has 0 fully saturated rings. The maximum absolute atomic E-state index is 12.0. The van der Waals surface area contributed by atoms with Gasteiger partial charge in [0, 0.05) is 17.1 Å². The van der Waals surface area contributed by atoms with E-state index in [2.05, 4.69) is 77.7 Å². The van der Waals surface area contributed by atoms with Crippen molar-refractivity contribution in [3.05, 3.63) is 156 Å². The Bertz CT molecular complexity index is 1360. The fraction of sp³-hybridized carbons (Fsp3) is 0.0312. The molecule has 5 rings (SSSR count). The largest absolute Gasteiger partial charge is 0.478 e. The van der Waals surface area contributed by atoms with E-state index in [9.17, 15) is 9.90 Å². The number of allylic oxidation sites excluding steroid dienone is 5. The molecule has 0 spiro atoms. The van der Waals surface area contributed by atoms with Crippen molar-refractivity contribution in [2.24, 2.45) is 0 Å². The van der Waals surface area contributed by atoms with E-state index in [4.69, 9.17) is 0 Å². The van der Waals surface area contributed by atoms with Gasteiger partial charge in [0.25, 0.3) is 0 Å². The first-order chi connectivity index (χ1) is 17.2. The first kappa shape index (κ1) is 22.2. The average molecular weight is 456 g/mol. The zero-order chi connectivity index (χ0) is 24.0. The van der Waals surface area contributed by atoms with E-state index in [1.54, 1.807) is 12.1 Å². The van der Waals surface area contributed by atoms with Gasteiger partial charge in [-0.1, -0.05) is 91.0 Å². The summed E-state index contributed by atoms with van der Waals surface area (Å²) < 4.78 is 0. The summed E-state index contributed by atoms with van der Waals surface area (Å²) >= 11 is 0. The van der Waals surface area contributed by atoms with Crippen LogP contribution in [0, 0.1) is 0 Å². The summed E-state index contributed by atoms with van der Waals surface area (Å²) in [6.07, 6.45) is 9.21. The Kier molecular flexibility index (Phi) is 6.40. The molecule has 0 saturated carbocycles. The Balaban J connectivity index is 1.63. The molecule has 35 heavy (non-hydrogen) atoms. The van der Waals surface area contributed by atoms with Crippen LogP contribution in [0.3, 0.4) is 0 Å². The fourth-order valence-electron chi connectivity index (χ4n) is 4.43. The number of benzene rings is 4. The monoisotopic (exact) mass is 455 g/mol. The molecule has 0 bridgehead atoms. The first-order valence-corrected chi connectivity index (χ1v) is 11.6. The molecule has 0 heterocycles.